The summed E-state index contributed by atoms with van der Waals surface area (Å²) in [6.45, 7) is 2.09. The fraction of sp³-hybridized carbons (Fsp3) is 0.316. The fourth-order valence-corrected chi connectivity index (χ4v) is 2.97. The number of benzene rings is 2. The minimum atomic E-state index is 0.0906. The molecule has 1 saturated heterocycles. The van der Waals surface area contributed by atoms with Crippen LogP contribution in [-0.4, -0.2) is 23.9 Å². The van der Waals surface area contributed by atoms with Crippen LogP contribution in [0.2, 0.25) is 5.02 Å². The maximum Gasteiger partial charge on any atom is 0.253 e. The van der Waals surface area contributed by atoms with E-state index in [2.05, 4.69) is 0 Å². The zero-order valence-corrected chi connectivity index (χ0v) is 13.8. The van der Waals surface area contributed by atoms with E-state index in [-0.39, 0.29) is 5.91 Å². The highest BCUT2D eigenvalue weighted by molar-refractivity contribution is 6.31. The molecule has 1 fully saturated rings. The van der Waals surface area contributed by atoms with Gasteiger partial charge in [-0.15, -0.1) is 0 Å². The van der Waals surface area contributed by atoms with Crippen LogP contribution >= 0.6 is 11.6 Å². The van der Waals surface area contributed by atoms with Gasteiger partial charge in [0.15, 0.2) is 0 Å². The molecule has 0 aliphatic carbocycles. The molecule has 0 bridgehead atoms. The van der Waals surface area contributed by atoms with Crippen molar-refractivity contribution in [2.75, 3.05) is 13.1 Å². The molecule has 0 N–H and O–H groups in total. The molecule has 1 heterocycles. The predicted octanol–water partition coefficient (Wildman–Crippen LogP) is 4.55. The van der Waals surface area contributed by atoms with Crippen LogP contribution in [0.3, 0.4) is 0 Å². The van der Waals surface area contributed by atoms with E-state index >= 15 is 0 Å². The Labute approximate surface area is 141 Å². The van der Waals surface area contributed by atoms with Crippen molar-refractivity contribution in [1.29, 1.82) is 0 Å². The van der Waals surface area contributed by atoms with E-state index in [9.17, 15) is 4.79 Å². The van der Waals surface area contributed by atoms with Gasteiger partial charge in [-0.2, -0.15) is 0 Å². The first-order valence-corrected chi connectivity index (χ1v) is 8.37. The van der Waals surface area contributed by atoms with Crippen molar-refractivity contribution in [2.45, 2.75) is 25.9 Å². The molecule has 0 atom stereocenters. The Morgan fingerprint density at radius 3 is 2.61 bits per heavy atom. The average molecular weight is 330 g/mol. The van der Waals surface area contributed by atoms with E-state index in [1.807, 2.05) is 53.4 Å². The SMILES string of the molecule is O=C(c1cccc(OCc2ccccc2Cl)c1)N1CCCCC1. The van der Waals surface area contributed by atoms with Crippen molar-refractivity contribution in [2.24, 2.45) is 0 Å². The smallest absolute Gasteiger partial charge is 0.253 e. The van der Waals surface area contributed by atoms with Gasteiger partial charge in [-0.1, -0.05) is 35.9 Å². The number of piperidine rings is 1. The van der Waals surface area contributed by atoms with Crippen molar-refractivity contribution < 1.29 is 9.53 Å². The Morgan fingerprint density at radius 1 is 1.04 bits per heavy atom. The predicted molar refractivity (Wildman–Crippen MR) is 92.0 cm³/mol. The van der Waals surface area contributed by atoms with Gasteiger partial charge in [0.05, 0.1) is 0 Å². The number of likely N-dealkylation sites (tertiary alicyclic amines) is 1. The molecule has 1 amide bonds. The summed E-state index contributed by atoms with van der Waals surface area (Å²) in [6, 6.07) is 15.0. The monoisotopic (exact) mass is 329 g/mol. The zero-order chi connectivity index (χ0) is 16.1. The molecule has 0 radical (unpaired) electrons. The molecule has 0 unspecified atom stereocenters. The molecule has 3 nitrogen and oxygen atoms in total. The van der Waals surface area contributed by atoms with Crippen LogP contribution in [0.4, 0.5) is 0 Å². The molecule has 0 aromatic heterocycles. The average Bonchev–Trinajstić information content (AvgIpc) is 2.61. The minimum absolute atomic E-state index is 0.0906. The van der Waals surface area contributed by atoms with Crippen LogP contribution in [0.15, 0.2) is 48.5 Å². The first-order chi connectivity index (χ1) is 11.2. The lowest BCUT2D eigenvalue weighted by Gasteiger charge is -2.26. The number of carbonyl (C=O) groups is 1. The molecular formula is C19H20ClNO2. The van der Waals surface area contributed by atoms with E-state index in [4.69, 9.17) is 16.3 Å². The quantitative estimate of drug-likeness (QED) is 0.823. The van der Waals surface area contributed by atoms with Crippen LogP contribution in [-0.2, 0) is 6.61 Å². The van der Waals surface area contributed by atoms with Crippen molar-refractivity contribution in [3.8, 4) is 5.75 Å². The number of nitrogens with zero attached hydrogens (tertiary/aromatic N) is 1. The highest BCUT2D eigenvalue weighted by atomic mass is 35.5. The minimum Gasteiger partial charge on any atom is -0.489 e. The summed E-state index contributed by atoms with van der Waals surface area (Å²) >= 11 is 6.13. The Morgan fingerprint density at radius 2 is 1.83 bits per heavy atom. The lowest BCUT2D eigenvalue weighted by Crippen LogP contribution is -2.35. The molecule has 0 spiro atoms. The van der Waals surface area contributed by atoms with Crippen LogP contribution in [0.5, 0.6) is 5.75 Å². The molecular weight excluding hydrogens is 310 g/mol. The molecule has 23 heavy (non-hydrogen) atoms. The first-order valence-electron chi connectivity index (χ1n) is 7.99. The van der Waals surface area contributed by atoms with E-state index < -0.39 is 0 Å². The van der Waals surface area contributed by atoms with Gasteiger partial charge in [-0.25, -0.2) is 0 Å². The van der Waals surface area contributed by atoms with Crippen molar-refractivity contribution in [1.82, 2.24) is 4.90 Å². The van der Waals surface area contributed by atoms with Crippen LogP contribution in [0.25, 0.3) is 0 Å². The summed E-state index contributed by atoms with van der Waals surface area (Å²) in [5, 5.41) is 0.688. The summed E-state index contributed by atoms with van der Waals surface area (Å²) in [5.41, 5.74) is 1.62. The Balaban J connectivity index is 1.67. The Kier molecular flexibility index (Phi) is 5.19. The normalized spacial score (nSPS) is 14.6. The first kappa shape index (κ1) is 15.9. The zero-order valence-electron chi connectivity index (χ0n) is 13.0. The second kappa shape index (κ2) is 7.51. The molecule has 3 rings (SSSR count). The highest BCUT2D eigenvalue weighted by Gasteiger charge is 2.18. The van der Waals surface area contributed by atoms with Gasteiger partial charge in [0.25, 0.3) is 5.91 Å². The number of rotatable bonds is 4. The van der Waals surface area contributed by atoms with Crippen molar-refractivity contribution in [3.63, 3.8) is 0 Å². The summed E-state index contributed by atoms with van der Waals surface area (Å²) in [5.74, 6) is 0.778. The second-order valence-corrected chi connectivity index (χ2v) is 6.17. The number of halogens is 1. The van der Waals surface area contributed by atoms with Gasteiger partial charge in [-0.05, 0) is 43.5 Å². The number of hydrogen-bond donors (Lipinski definition) is 0. The second-order valence-electron chi connectivity index (χ2n) is 5.76. The molecule has 1 aliphatic heterocycles. The molecule has 0 saturated carbocycles. The standard InChI is InChI=1S/C19H20ClNO2/c20-18-10-3-2-7-16(18)14-23-17-9-6-8-15(13-17)19(22)21-11-4-1-5-12-21/h2-3,6-10,13H,1,4-5,11-12,14H2. The third-order valence-electron chi connectivity index (χ3n) is 4.08. The van der Waals surface area contributed by atoms with E-state index in [1.54, 1.807) is 0 Å². The highest BCUT2D eigenvalue weighted by Crippen LogP contribution is 2.21. The van der Waals surface area contributed by atoms with E-state index in [0.717, 1.165) is 31.5 Å². The fourth-order valence-electron chi connectivity index (χ4n) is 2.78. The van der Waals surface area contributed by atoms with Gasteiger partial charge in [-0.3, -0.25) is 4.79 Å². The largest absolute Gasteiger partial charge is 0.489 e. The summed E-state index contributed by atoms with van der Waals surface area (Å²) < 4.78 is 5.80. The van der Waals surface area contributed by atoms with Gasteiger partial charge < -0.3 is 9.64 Å². The maximum absolute atomic E-state index is 12.5. The van der Waals surface area contributed by atoms with Crippen LogP contribution < -0.4 is 4.74 Å². The van der Waals surface area contributed by atoms with Crippen LogP contribution in [0.1, 0.15) is 35.2 Å². The molecule has 2 aromatic rings. The third kappa shape index (κ3) is 4.05. The molecule has 1 aliphatic rings. The lowest BCUT2D eigenvalue weighted by atomic mass is 10.1. The summed E-state index contributed by atoms with van der Waals surface area (Å²) in [4.78, 5) is 14.5. The number of ether oxygens (including phenoxy) is 1. The molecule has 2 aromatic carbocycles. The topological polar surface area (TPSA) is 29.5 Å². The van der Waals surface area contributed by atoms with Gasteiger partial charge in [0.1, 0.15) is 12.4 Å². The van der Waals surface area contributed by atoms with E-state index in [0.29, 0.717) is 22.9 Å². The van der Waals surface area contributed by atoms with E-state index in [1.165, 1.54) is 6.42 Å². The number of amides is 1. The lowest BCUT2D eigenvalue weighted by molar-refractivity contribution is 0.0724. The van der Waals surface area contributed by atoms with Crippen molar-refractivity contribution >= 4 is 17.5 Å². The Bertz CT molecular complexity index is 681. The molecule has 4 heteroatoms. The van der Waals surface area contributed by atoms with Gasteiger partial charge in [0, 0.05) is 29.2 Å². The summed E-state index contributed by atoms with van der Waals surface area (Å²) in [6.07, 6.45) is 3.40. The van der Waals surface area contributed by atoms with Crippen LogP contribution in [0, 0.1) is 0 Å². The number of carbonyl (C=O) groups excluding carboxylic acids is 1. The van der Waals surface area contributed by atoms with Gasteiger partial charge >= 0.3 is 0 Å². The maximum atomic E-state index is 12.5. The molecule has 120 valence electrons. The Hall–Kier alpha value is -2.00. The summed E-state index contributed by atoms with van der Waals surface area (Å²) in [7, 11) is 0. The van der Waals surface area contributed by atoms with Crippen molar-refractivity contribution in [3.05, 3.63) is 64.7 Å². The number of hydrogen-bond acceptors (Lipinski definition) is 2. The van der Waals surface area contributed by atoms with Gasteiger partial charge in [0.2, 0.25) is 0 Å². The third-order valence-corrected chi connectivity index (χ3v) is 4.45.